The summed E-state index contributed by atoms with van der Waals surface area (Å²) in [6.45, 7) is 7.88. The number of rotatable bonds is 9. The summed E-state index contributed by atoms with van der Waals surface area (Å²) in [5.41, 5.74) is 1.76. The molecule has 0 aliphatic rings. The first-order chi connectivity index (χ1) is 11.2. The summed E-state index contributed by atoms with van der Waals surface area (Å²) in [6.07, 6.45) is 3.23. The van der Waals surface area contributed by atoms with E-state index in [2.05, 4.69) is 31.0 Å². The van der Waals surface area contributed by atoms with E-state index in [1.54, 1.807) is 0 Å². The van der Waals surface area contributed by atoms with E-state index < -0.39 is 0 Å². The number of hydrogen-bond acceptors (Lipinski definition) is 4. The van der Waals surface area contributed by atoms with Crippen molar-refractivity contribution >= 4 is 0 Å². The quantitative estimate of drug-likeness (QED) is 0.627. The molecule has 0 saturated carbocycles. The number of aromatic nitrogens is 2. The van der Waals surface area contributed by atoms with E-state index >= 15 is 0 Å². The van der Waals surface area contributed by atoms with Gasteiger partial charge in [0, 0.05) is 11.6 Å². The van der Waals surface area contributed by atoms with Gasteiger partial charge in [0.25, 0.3) is 0 Å². The highest BCUT2D eigenvalue weighted by Crippen LogP contribution is 2.29. The van der Waals surface area contributed by atoms with Crippen molar-refractivity contribution in [3.8, 4) is 22.9 Å². The Balaban J connectivity index is 2.08. The molecule has 0 aliphatic carbocycles. The molecular weight excluding hydrogens is 288 g/mol. The van der Waals surface area contributed by atoms with Crippen LogP contribution in [0.3, 0.4) is 0 Å². The Labute approximate surface area is 138 Å². The average molecular weight is 314 g/mol. The Bertz CT molecular complexity index is 584. The van der Waals surface area contributed by atoms with Gasteiger partial charge in [0.1, 0.15) is 5.75 Å². The minimum atomic E-state index is 0.531. The maximum Gasteiger partial charge on any atom is 0.233 e. The zero-order valence-corrected chi connectivity index (χ0v) is 14.3. The lowest BCUT2D eigenvalue weighted by atomic mass is 10.1. The fourth-order valence-electron chi connectivity index (χ4n) is 2.02. The second kappa shape index (κ2) is 9.13. The second-order valence-corrected chi connectivity index (χ2v) is 5.78. The van der Waals surface area contributed by atoms with E-state index in [1.807, 2.05) is 36.4 Å². The van der Waals surface area contributed by atoms with Gasteiger partial charge in [-0.1, -0.05) is 45.7 Å². The molecule has 1 aromatic carbocycles. The van der Waals surface area contributed by atoms with Crippen molar-refractivity contribution in [2.75, 3.05) is 13.2 Å². The molecular formula is C19H26N2O2. The van der Waals surface area contributed by atoms with E-state index in [0.717, 1.165) is 36.3 Å². The Morgan fingerprint density at radius 3 is 2.52 bits per heavy atom. The first-order valence-electron chi connectivity index (χ1n) is 8.43. The smallest absolute Gasteiger partial charge is 0.233 e. The molecule has 1 atom stereocenters. The maximum absolute atomic E-state index is 5.95. The Hall–Kier alpha value is -2.10. The maximum atomic E-state index is 5.95. The van der Waals surface area contributed by atoms with Crippen LogP contribution in [0.2, 0.25) is 0 Å². The van der Waals surface area contributed by atoms with Crippen LogP contribution in [-0.4, -0.2) is 23.4 Å². The molecule has 1 heterocycles. The lowest BCUT2D eigenvalue weighted by Gasteiger charge is -2.14. The van der Waals surface area contributed by atoms with Crippen LogP contribution in [0.1, 0.15) is 40.0 Å². The van der Waals surface area contributed by atoms with Crippen LogP contribution >= 0.6 is 0 Å². The molecule has 0 amide bonds. The molecule has 0 radical (unpaired) electrons. The van der Waals surface area contributed by atoms with Crippen molar-refractivity contribution in [2.45, 2.75) is 40.0 Å². The average Bonchev–Trinajstić information content (AvgIpc) is 2.61. The van der Waals surface area contributed by atoms with Crippen molar-refractivity contribution in [1.82, 2.24) is 10.2 Å². The standard InChI is InChI=1S/C19H26N2O2/c1-4-6-13-22-19-12-11-17(20-21-19)16-9-7-8-10-18(16)23-14-15(3)5-2/h7-12,15H,4-6,13-14H2,1-3H3. The Morgan fingerprint density at radius 2 is 1.83 bits per heavy atom. The van der Waals surface area contributed by atoms with Gasteiger partial charge in [-0.25, -0.2) is 0 Å². The van der Waals surface area contributed by atoms with Crippen molar-refractivity contribution in [1.29, 1.82) is 0 Å². The molecule has 0 N–H and O–H groups in total. The Morgan fingerprint density at radius 1 is 1.00 bits per heavy atom. The number of benzene rings is 1. The number of hydrogen-bond donors (Lipinski definition) is 0. The third-order valence-corrected chi connectivity index (χ3v) is 3.77. The highest BCUT2D eigenvalue weighted by atomic mass is 16.5. The topological polar surface area (TPSA) is 44.2 Å². The van der Waals surface area contributed by atoms with Gasteiger partial charge in [-0.2, -0.15) is 0 Å². The van der Waals surface area contributed by atoms with Gasteiger partial charge in [0.2, 0.25) is 5.88 Å². The van der Waals surface area contributed by atoms with Gasteiger partial charge >= 0.3 is 0 Å². The molecule has 0 saturated heterocycles. The summed E-state index contributed by atoms with van der Waals surface area (Å²) in [5.74, 6) is 1.95. The second-order valence-electron chi connectivity index (χ2n) is 5.78. The molecule has 1 aromatic heterocycles. The summed E-state index contributed by atoms with van der Waals surface area (Å²) in [5, 5.41) is 8.43. The molecule has 0 aliphatic heterocycles. The van der Waals surface area contributed by atoms with E-state index in [0.29, 0.717) is 25.0 Å². The van der Waals surface area contributed by atoms with Gasteiger partial charge in [-0.3, -0.25) is 0 Å². The highest BCUT2D eigenvalue weighted by molar-refractivity contribution is 5.66. The van der Waals surface area contributed by atoms with Crippen molar-refractivity contribution < 1.29 is 9.47 Å². The van der Waals surface area contributed by atoms with Crippen LogP contribution in [0, 0.1) is 5.92 Å². The van der Waals surface area contributed by atoms with Gasteiger partial charge in [-0.05, 0) is 30.5 Å². The molecule has 0 spiro atoms. The van der Waals surface area contributed by atoms with Crippen molar-refractivity contribution in [2.24, 2.45) is 5.92 Å². The summed E-state index contributed by atoms with van der Waals surface area (Å²) >= 11 is 0. The van der Waals surface area contributed by atoms with Crippen LogP contribution in [0.25, 0.3) is 11.3 Å². The molecule has 4 heteroatoms. The first-order valence-corrected chi connectivity index (χ1v) is 8.43. The Kier molecular flexibility index (Phi) is 6.85. The van der Waals surface area contributed by atoms with E-state index in [-0.39, 0.29) is 0 Å². The highest BCUT2D eigenvalue weighted by Gasteiger charge is 2.09. The van der Waals surface area contributed by atoms with Crippen molar-refractivity contribution in [3.05, 3.63) is 36.4 Å². The lowest BCUT2D eigenvalue weighted by Crippen LogP contribution is -2.08. The molecule has 2 aromatic rings. The minimum Gasteiger partial charge on any atom is -0.493 e. The van der Waals surface area contributed by atoms with Gasteiger partial charge in [0.15, 0.2) is 0 Å². The number of ether oxygens (including phenoxy) is 2. The van der Waals surface area contributed by atoms with Crippen LogP contribution < -0.4 is 9.47 Å². The van der Waals surface area contributed by atoms with Crippen LogP contribution in [-0.2, 0) is 0 Å². The molecule has 0 fully saturated rings. The fourth-order valence-corrected chi connectivity index (χ4v) is 2.02. The minimum absolute atomic E-state index is 0.531. The van der Waals surface area contributed by atoms with E-state index in [1.165, 1.54) is 0 Å². The molecule has 124 valence electrons. The molecule has 4 nitrogen and oxygen atoms in total. The fraction of sp³-hybridized carbons (Fsp3) is 0.474. The van der Waals surface area contributed by atoms with Crippen LogP contribution in [0.5, 0.6) is 11.6 Å². The number of para-hydroxylation sites is 1. The monoisotopic (exact) mass is 314 g/mol. The van der Waals surface area contributed by atoms with Gasteiger partial charge in [0.05, 0.1) is 18.9 Å². The van der Waals surface area contributed by atoms with Crippen molar-refractivity contribution in [3.63, 3.8) is 0 Å². The molecule has 0 bridgehead atoms. The molecule has 1 unspecified atom stereocenters. The van der Waals surface area contributed by atoms with Crippen LogP contribution in [0.4, 0.5) is 0 Å². The predicted octanol–water partition coefficient (Wildman–Crippen LogP) is 4.75. The molecule has 23 heavy (non-hydrogen) atoms. The normalized spacial score (nSPS) is 12.0. The molecule has 2 rings (SSSR count). The zero-order chi connectivity index (χ0) is 16.5. The zero-order valence-electron chi connectivity index (χ0n) is 14.3. The third-order valence-electron chi connectivity index (χ3n) is 3.77. The summed E-state index contributed by atoms with van der Waals surface area (Å²) in [4.78, 5) is 0. The lowest BCUT2D eigenvalue weighted by molar-refractivity contribution is 0.257. The van der Waals surface area contributed by atoms with E-state index in [4.69, 9.17) is 9.47 Å². The first kappa shape index (κ1) is 17.3. The largest absolute Gasteiger partial charge is 0.493 e. The summed E-state index contributed by atoms with van der Waals surface area (Å²) < 4.78 is 11.5. The number of unbranched alkanes of at least 4 members (excludes halogenated alkanes) is 1. The summed E-state index contributed by atoms with van der Waals surface area (Å²) in [7, 11) is 0. The van der Waals surface area contributed by atoms with E-state index in [9.17, 15) is 0 Å². The van der Waals surface area contributed by atoms with Gasteiger partial charge < -0.3 is 9.47 Å². The SMILES string of the molecule is CCCCOc1ccc(-c2ccccc2OCC(C)CC)nn1. The predicted molar refractivity (Wildman–Crippen MR) is 92.8 cm³/mol. The number of nitrogens with zero attached hydrogens (tertiary/aromatic N) is 2. The third kappa shape index (κ3) is 5.23. The van der Waals surface area contributed by atoms with Crippen LogP contribution in [0.15, 0.2) is 36.4 Å². The van der Waals surface area contributed by atoms with Gasteiger partial charge in [-0.15, -0.1) is 10.2 Å². The summed E-state index contributed by atoms with van der Waals surface area (Å²) in [6, 6.07) is 11.7.